The van der Waals surface area contributed by atoms with Crippen LogP contribution in [0.25, 0.3) is 0 Å². The Balaban J connectivity index is 1.91. The molecule has 0 N–H and O–H groups in total. The largest absolute Gasteiger partial charge is 0.249 e. The lowest BCUT2D eigenvalue weighted by Gasteiger charge is -2.08. The lowest BCUT2D eigenvalue weighted by molar-refractivity contribution is 0.646. The van der Waals surface area contributed by atoms with E-state index in [9.17, 15) is 0 Å². The zero-order chi connectivity index (χ0) is 12.5. The first-order valence-electron chi connectivity index (χ1n) is 6.22. The molecule has 3 rings (SSSR count). The maximum atomic E-state index is 6.40. The first-order valence-corrected chi connectivity index (χ1v) is 6.98. The van der Waals surface area contributed by atoms with Gasteiger partial charge in [0.1, 0.15) is 5.15 Å². The molecule has 1 aromatic carbocycles. The molecule has 18 heavy (non-hydrogen) atoms. The number of nitrogens with zero attached hydrogens (tertiary/aromatic N) is 2. The van der Waals surface area contributed by atoms with E-state index in [2.05, 4.69) is 5.10 Å². The molecule has 0 spiro atoms. The summed E-state index contributed by atoms with van der Waals surface area (Å²) in [5.41, 5.74) is 3.54. The molecule has 0 radical (unpaired) electrons. The Kier molecular flexibility index (Phi) is 3.31. The maximum Gasteiger partial charge on any atom is 0.130 e. The Morgan fingerprint density at radius 2 is 2.00 bits per heavy atom. The van der Waals surface area contributed by atoms with Crippen molar-refractivity contribution >= 4 is 23.2 Å². The molecule has 4 heteroatoms. The lowest BCUT2D eigenvalue weighted by atomic mass is 9.99. The van der Waals surface area contributed by atoms with Crippen LogP contribution in [0.4, 0.5) is 0 Å². The van der Waals surface area contributed by atoms with Crippen molar-refractivity contribution in [1.29, 1.82) is 0 Å². The Morgan fingerprint density at radius 3 is 2.78 bits per heavy atom. The highest BCUT2D eigenvalue weighted by molar-refractivity contribution is 6.31. The number of benzene rings is 1. The molecule has 0 saturated heterocycles. The van der Waals surface area contributed by atoms with E-state index in [0.29, 0.717) is 6.54 Å². The Labute approximate surface area is 117 Å². The molecule has 0 unspecified atom stereocenters. The van der Waals surface area contributed by atoms with Gasteiger partial charge in [0.2, 0.25) is 0 Å². The molecule has 0 atom stereocenters. The van der Waals surface area contributed by atoms with Crippen LogP contribution in [0.5, 0.6) is 0 Å². The van der Waals surface area contributed by atoms with E-state index >= 15 is 0 Å². The van der Waals surface area contributed by atoms with Gasteiger partial charge in [-0.2, -0.15) is 5.10 Å². The smallest absolute Gasteiger partial charge is 0.130 e. The first kappa shape index (κ1) is 12.1. The maximum absolute atomic E-state index is 6.40. The van der Waals surface area contributed by atoms with Crippen LogP contribution >= 0.6 is 23.2 Å². The third kappa shape index (κ3) is 2.27. The number of aromatic nitrogens is 2. The minimum Gasteiger partial charge on any atom is -0.249 e. The van der Waals surface area contributed by atoms with Gasteiger partial charge in [0.05, 0.1) is 12.2 Å². The van der Waals surface area contributed by atoms with Crippen LogP contribution in [-0.4, -0.2) is 9.78 Å². The highest BCUT2D eigenvalue weighted by Gasteiger charge is 2.19. The summed E-state index contributed by atoms with van der Waals surface area (Å²) in [6.45, 7) is 0.687. The normalized spacial score (nSPS) is 14.6. The Hall–Kier alpha value is -0.990. The van der Waals surface area contributed by atoms with Gasteiger partial charge in [-0.25, -0.2) is 4.68 Å². The molecule has 1 aliphatic carbocycles. The second-order valence-corrected chi connectivity index (χ2v) is 5.51. The summed E-state index contributed by atoms with van der Waals surface area (Å²) in [7, 11) is 0. The predicted molar refractivity (Wildman–Crippen MR) is 74.4 cm³/mol. The highest BCUT2D eigenvalue weighted by Crippen LogP contribution is 2.28. The van der Waals surface area contributed by atoms with E-state index in [4.69, 9.17) is 23.2 Å². The van der Waals surface area contributed by atoms with Crippen molar-refractivity contribution in [2.24, 2.45) is 0 Å². The number of aryl methyl sites for hydroxylation is 1. The van der Waals surface area contributed by atoms with Crippen molar-refractivity contribution in [2.75, 3.05) is 0 Å². The topological polar surface area (TPSA) is 17.8 Å². The molecule has 0 bridgehead atoms. The van der Waals surface area contributed by atoms with Gasteiger partial charge in [-0.1, -0.05) is 35.3 Å². The van der Waals surface area contributed by atoms with Crippen molar-refractivity contribution in [2.45, 2.75) is 32.2 Å². The van der Waals surface area contributed by atoms with Crippen LogP contribution < -0.4 is 0 Å². The SMILES string of the molecule is Clc1cccc(Cn2nc3c(c2Cl)CCCC3)c1. The fourth-order valence-corrected chi connectivity index (χ4v) is 2.99. The third-order valence-corrected chi connectivity index (χ3v) is 4.04. The van der Waals surface area contributed by atoms with E-state index in [0.717, 1.165) is 28.6 Å². The molecule has 0 aliphatic heterocycles. The van der Waals surface area contributed by atoms with Gasteiger partial charge in [0, 0.05) is 10.6 Å². The summed E-state index contributed by atoms with van der Waals surface area (Å²) in [5, 5.41) is 6.16. The molecule has 1 aromatic heterocycles. The molecule has 0 fully saturated rings. The molecular weight excluding hydrogens is 267 g/mol. The summed E-state index contributed by atoms with van der Waals surface area (Å²) < 4.78 is 1.89. The molecule has 0 saturated carbocycles. The molecule has 2 aromatic rings. The van der Waals surface area contributed by atoms with Crippen molar-refractivity contribution in [3.63, 3.8) is 0 Å². The molecular formula is C14H14Cl2N2. The van der Waals surface area contributed by atoms with Crippen LogP contribution in [0.15, 0.2) is 24.3 Å². The first-order chi connectivity index (χ1) is 8.74. The molecule has 2 nitrogen and oxygen atoms in total. The summed E-state index contributed by atoms with van der Waals surface area (Å²) in [5.74, 6) is 0. The minimum atomic E-state index is 0.687. The number of hydrogen-bond donors (Lipinski definition) is 0. The van der Waals surface area contributed by atoms with Crippen LogP contribution in [0.3, 0.4) is 0 Å². The van der Waals surface area contributed by atoms with E-state index in [1.165, 1.54) is 24.1 Å². The summed E-state index contributed by atoms with van der Waals surface area (Å²) >= 11 is 12.4. The average molecular weight is 281 g/mol. The summed E-state index contributed by atoms with van der Waals surface area (Å²) in [6, 6.07) is 7.83. The fraction of sp³-hybridized carbons (Fsp3) is 0.357. The second kappa shape index (κ2) is 4.94. The monoisotopic (exact) mass is 280 g/mol. The summed E-state index contributed by atoms with van der Waals surface area (Å²) in [6.07, 6.45) is 4.55. The molecule has 1 heterocycles. The number of hydrogen-bond acceptors (Lipinski definition) is 1. The van der Waals surface area contributed by atoms with E-state index in [1.807, 2.05) is 28.9 Å². The van der Waals surface area contributed by atoms with Gasteiger partial charge in [-0.15, -0.1) is 0 Å². The van der Waals surface area contributed by atoms with Gasteiger partial charge in [-0.05, 0) is 43.4 Å². The second-order valence-electron chi connectivity index (χ2n) is 4.71. The number of halogens is 2. The van der Waals surface area contributed by atoms with Gasteiger partial charge >= 0.3 is 0 Å². The van der Waals surface area contributed by atoms with Crippen molar-refractivity contribution < 1.29 is 0 Å². The zero-order valence-corrected chi connectivity index (χ0v) is 11.5. The fourth-order valence-electron chi connectivity index (χ4n) is 2.48. The standard InChI is InChI=1S/C14H14Cl2N2/c15-11-5-3-4-10(8-11)9-18-14(16)12-6-1-2-7-13(12)17-18/h3-5,8H,1-2,6-7,9H2. The molecule has 1 aliphatic rings. The van der Waals surface area contributed by atoms with E-state index in [-0.39, 0.29) is 0 Å². The third-order valence-electron chi connectivity index (χ3n) is 3.38. The van der Waals surface area contributed by atoms with Gasteiger partial charge in [0.15, 0.2) is 0 Å². The zero-order valence-electron chi connectivity index (χ0n) is 10.00. The average Bonchev–Trinajstić information content (AvgIpc) is 2.67. The lowest BCUT2D eigenvalue weighted by Crippen LogP contribution is -2.02. The van der Waals surface area contributed by atoms with Crippen molar-refractivity contribution in [1.82, 2.24) is 9.78 Å². The van der Waals surface area contributed by atoms with Crippen LogP contribution in [0, 0.1) is 0 Å². The van der Waals surface area contributed by atoms with Gasteiger partial charge < -0.3 is 0 Å². The van der Waals surface area contributed by atoms with Crippen molar-refractivity contribution in [3.8, 4) is 0 Å². The molecule has 0 amide bonds. The Morgan fingerprint density at radius 1 is 1.17 bits per heavy atom. The Bertz CT molecular complexity index is 575. The van der Waals surface area contributed by atoms with Crippen LogP contribution in [-0.2, 0) is 19.4 Å². The van der Waals surface area contributed by atoms with Crippen LogP contribution in [0.2, 0.25) is 10.2 Å². The predicted octanol–water partition coefficient (Wildman–Crippen LogP) is 4.12. The quantitative estimate of drug-likeness (QED) is 0.809. The van der Waals surface area contributed by atoms with E-state index < -0.39 is 0 Å². The van der Waals surface area contributed by atoms with E-state index in [1.54, 1.807) is 0 Å². The van der Waals surface area contributed by atoms with Crippen LogP contribution in [0.1, 0.15) is 29.7 Å². The summed E-state index contributed by atoms with van der Waals surface area (Å²) in [4.78, 5) is 0. The number of rotatable bonds is 2. The minimum absolute atomic E-state index is 0.687. The highest BCUT2D eigenvalue weighted by atomic mass is 35.5. The van der Waals surface area contributed by atoms with Gasteiger partial charge in [0.25, 0.3) is 0 Å². The molecule has 94 valence electrons. The van der Waals surface area contributed by atoms with Gasteiger partial charge in [-0.3, -0.25) is 0 Å². The van der Waals surface area contributed by atoms with Crippen molar-refractivity contribution in [3.05, 3.63) is 51.3 Å². The number of fused-ring (bicyclic) bond motifs is 1.